The molecule has 0 atom stereocenters. The van der Waals surface area contributed by atoms with E-state index in [4.69, 9.17) is 4.74 Å². The molecular weight excluding hydrogens is 304 g/mol. The maximum Gasteiger partial charge on any atom is 0.270 e. The fourth-order valence-corrected chi connectivity index (χ4v) is 2.61. The maximum atomic E-state index is 12.7. The van der Waals surface area contributed by atoms with E-state index in [1.807, 2.05) is 44.3 Å². The zero-order chi connectivity index (χ0) is 16.9. The first kappa shape index (κ1) is 16.0. The summed E-state index contributed by atoms with van der Waals surface area (Å²) in [6.07, 6.45) is 5.95. The van der Waals surface area contributed by atoms with Gasteiger partial charge in [0, 0.05) is 25.1 Å². The molecule has 0 bridgehead atoms. The van der Waals surface area contributed by atoms with E-state index in [2.05, 4.69) is 15.3 Å². The Labute approximate surface area is 140 Å². The SMILES string of the molecule is CCOc1cccn2c(C(=O)NCc3cccnc3)c(CC)nc12. The van der Waals surface area contributed by atoms with Crippen LogP contribution in [0, 0.1) is 0 Å². The van der Waals surface area contributed by atoms with Crippen LogP contribution in [0.3, 0.4) is 0 Å². The van der Waals surface area contributed by atoms with Crippen LogP contribution in [0.5, 0.6) is 5.75 Å². The number of ether oxygens (including phenoxy) is 1. The van der Waals surface area contributed by atoms with E-state index in [-0.39, 0.29) is 5.91 Å². The normalized spacial score (nSPS) is 10.8. The summed E-state index contributed by atoms with van der Waals surface area (Å²) in [6, 6.07) is 7.50. The van der Waals surface area contributed by atoms with Crippen molar-refractivity contribution in [3.05, 3.63) is 59.8 Å². The number of fused-ring (bicyclic) bond motifs is 1. The van der Waals surface area contributed by atoms with Crippen LogP contribution in [-0.4, -0.2) is 26.9 Å². The lowest BCUT2D eigenvalue weighted by molar-refractivity contribution is 0.0944. The molecule has 3 rings (SSSR count). The molecule has 3 aromatic heterocycles. The van der Waals surface area contributed by atoms with Crippen LogP contribution in [0.15, 0.2) is 42.9 Å². The molecule has 0 aromatic carbocycles. The molecule has 1 amide bonds. The van der Waals surface area contributed by atoms with Gasteiger partial charge in [0.1, 0.15) is 5.69 Å². The van der Waals surface area contributed by atoms with Crippen LogP contribution in [0.2, 0.25) is 0 Å². The number of nitrogens with zero attached hydrogens (tertiary/aromatic N) is 3. The molecular formula is C18H20N4O2. The van der Waals surface area contributed by atoms with Crippen molar-refractivity contribution in [2.75, 3.05) is 6.61 Å². The molecule has 6 nitrogen and oxygen atoms in total. The molecule has 0 unspecified atom stereocenters. The van der Waals surface area contributed by atoms with Gasteiger partial charge in [0.25, 0.3) is 5.91 Å². The third-order valence-corrected chi connectivity index (χ3v) is 3.71. The maximum absolute atomic E-state index is 12.7. The average Bonchev–Trinajstić information content (AvgIpc) is 3.00. The second kappa shape index (κ2) is 7.12. The molecule has 3 aromatic rings. The molecule has 0 aliphatic heterocycles. The van der Waals surface area contributed by atoms with Crippen molar-refractivity contribution < 1.29 is 9.53 Å². The van der Waals surface area contributed by atoms with Gasteiger partial charge < -0.3 is 10.1 Å². The van der Waals surface area contributed by atoms with E-state index in [0.29, 0.717) is 36.7 Å². The first-order chi connectivity index (χ1) is 11.7. The number of hydrogen-bond donors (Lipinski definition) is 1. The Balaban J connectivity index is 1.92. The molecule has 6 heteroatoms. The summed E-state index contributed by atoms with van der Waals surface area (Å²) in [7, 11) is 0. The monoisotopic (exact) mass is 324 g/mol. The molecule has 24 heavy (non-hydrogen) atoms. The Bertz CT molecular complexity index is 843. The molecule has 1 N–H and O–H groups in total. The number of aromatic nitrogens is 3. The third-order valence-electron chi connectivity index (χ3n) is 3.71. The van der Waals surface area contributed by atoms with Crippen molar-refractivity contribution in [1.29, 1.82) is 0 Å². The van der Waals surface area contributed by atoms with Gasteiger partial charge in [-0.2, -0.15) is 0 Å². The van der Waals surface area contributed by atoms with Gasteiger partial charge in [0.15, 0.2) is 11.4 Å². The Kier molecular flexibility index (Phi) is 4.74. The van der Waals surface area contributed by atoms with E-state index < -0.39 is 0 Å². The number of amides is 1. The Morgan fingerprint density at radius 1 is 1.29 bits per heavy atom. The van der Waals surface area contributed by atoms with Crippen LogP contribution in [0.1, 0.15) is 35.6 Å². The first-order valence-corrected chi connectivity index (χ1v) is 8.04. The predicted molar refractivity (Wildman–Crippen MR) is 91.1 cm³/mol. The molecule has 0 aliphatic rings. The van der Waals surface area contributed by atoms with Gasteiger partial charge in [-0.3, -0.25) is 14.2 Å². The summed E-state index contributed by atoms with van der Waals surface area (Å²) < 4.78 is 7.41. The molecule has 0 aliphatic carbocycles. The number of imidazole rings is 1. The number of pyridine rings is 2. The highest BCUT2D eigenvalue weighted by Gasteiger charge is 2.20. The zero-order valence-electron chi connectivity index (χ0n) is 13.8. The number of carbonyl (C=O) groups excluding carboxylic acids is 1. The van der Waals surface area contributed by atoms with Crippen LogP contribution >= 0.6 is 0 Å². The van der Waals surface area contributed by atoms with E-state index in [1.54, 1.807) is 16.8 Å². The molecule has 0 fully saturated rings. The fourth-order valence-electron chi connectivity index (χ4n) is 2.61. The molecule has 0 saturated heterocycles. The standard InChI is InChI=1S/C18H20N4O2/c1-3-14-16(18(23)20-12-13-7-5-9-19-11-13)22-10-6-8-15(24-4-2)17(22)21-14/h5-11H,3-4,12H2,1-2H3,(H,20,23). The molecule has 124 valence electrons. The summed E-state index contributed by atoms with van der Waals surface area (Å²) in [5, 5.41) is 2.94. The minimum Gasteiger partial charge on any atom is -0.490 e. The van der Waals surface area contributed by atoms with Crippen LogP contribution < -0.4 is 10.1 Å². The second-order valence-corrected chi connectivity index (χ2v) is 5.30. The quantitative estimate of drug-likeness (QED) is 0.757. The van der Waals surface area contributed by atoms with Gasteiger partial charge in [-0.1, -0.05) is 13.0 Å². The van der Waals surface area contributed by atoms with E-state index in [9.17, 15) is 4.79 Å². The lowest BCUT2D eigenvalue weighted by atomic mass is 10.2. The zero-order valence-corrected chi connectivity index (χ0v) is 13.8. The van der Waals surface area contributed by atoms with E-state index in [0.717, 1.165) is 11.3 Å². The number of carbonyl (C=O) groups is 1. The van der Waals surface area contributed by atoms with Gasteiger partial charge in [0.2, 0.25) is 0 Å². The summed E-state index contributed by atoms with van der Waals surface area (Å²) in [5.41, 5.74) is 2.93. The van der Waals surface area contributed by atoms with E-state index >= 15 is 0 Å². The largest absolute Gasteiger partial charge is 0.490 e. The highest BCUT2D eigenvalue weighted by molar-refractivity contribution is 5.95. The van der Waals surface area contributed by atoms with Crippen LogP contribution in [-0.2, 0) is 13.0 Å². The summed E-state index contributed by atoms with van der Waals surface area (Å²) in [6.45, 7) is 4.89. The highest BCUT2D eigenvalue weighted by Crippen LogP contribution is 2.22. The number of aryl methyl sites for hydroxylation is 1. The van der Waals surface area contributed by atoms with Crippen molar-refractivity contribution in [2.45, 2.75) is 26.8 Å². The summed E-state index contributed by atoms with van der Waals surface area (Å²) in [5.74, 6) is 0.526. The third kappa shape index (κ3) is 3.08. The van der Waals surface area contributed by atoms with Gasteiger partial charge in [0.05, 0.1) is 12.3 Å². The number of rotatable bonds is 6. The van der Waals surface area contributed by atoms with Crippen molar-refractivity contribution in [3.8, 4) is 5.75 Å². The summed E-state index contributed by atoms with van der Waals surface area (Å²) >= 11 is 0. The number of hydrogen-bond acceptors (Lipinski definition) is 4. The first-order valence-electron chi connectivity index (χ1n) is 8.04. The topological polar surface area (TPSA) is 68.5 Å². The van der Waals surface area contributed by atoms with Gasteiger partial charge in [-0.05, 0) is 37.1 Å². The Hall–Kier alpha value is -2.89. The highest BCUT2D eigenvalue weighted by atomic mass is 16.5. The Morgan fingerprint density at radius 3 is 2.88 bits per heavy atom. The van der Waals surface area contributed by atoms with Crippen molar-refractivity contribution in [1.82, 2.24) is 19.7 Å². The van der Waals surface area contributed by atoms with Gasteiger partial charge in [-0.25, -0.2) is 4.98 Å². The lowest BCUT2D eigenvalue weighted by Crippen LogP contribution is -2.25. The van der Waals surface area contributed by atoms with Crippen LogP contribution in [0.4, 0.5) is 0 Å². The van der Waals surface area contributed by atoms with E-state index in [1.165, 1.54) is 0 Å². The number of nitrogens with one attached hydrogen (secondary N) is 1. The van der Waals surface area contributed by atoms with Crippen molar-refractivity contribution in [2.24, 2.45) is 0 Å². The average molecular weight is 324 g/mol. The van der Waals surface area contributed by atoms with Gasteiger partial charge in [-0.15, -0.1) is 0 Å². The smallest absolute Gasteiger partial charge is 0.270 e. The molecule has 0 spiro atoms. The summed E-state index contributed by atoms with van der Waals surface area (Å²) in [4.78, 5) is 21.4. The fraction of sp³-hybridized carbons (Fsp3) is 0.278. The molecule has 0 radical (unpaired) electrons. The minimum absolute atomic E-state index is 0.156. The second-order valence-electron chi connectivity index (χ2n) is 5.30. The van der Waals surface area contributed by atoms with Crippen molar-refractivity contribution >= 4 is 11.6 Å². The molecule has 3 heterocycles. The van der Waals surface area contributed by atoms with Gasteiger partial charge >= 0.3 is 0 Å². The Morgan fingerprint density at radius 2 is 2.17 bits per heavy atom. The lowest BCUT2D eigenvalue weighted by Gasteiger charge is -2.08. The predicted octanol–water partition coefficient (Wildman–Crippen LogP) is 2.62. The van der Waals surface area contributed by atoms with Crippen LogP contribution in [0.25, 0.3) is 5.65 Å². The van der Waals surface area contributed by atoms with Crippen molar-refractivity contribution in [3.63, 3.8) is 0 Å². The minimum atomic E-state index is -0.156. The molecule has 0 saturated carbocycles.